The highest BCUT2D eigenvalue weighted by atomic mass is 32.1. The molecule has 1 unspecified atom stereocenters. The van der Waals surface area contributed by atoms with Crippen LogP contribution in [0.3, 0.4) is 0 Å². The molecule has 1 heterocycles. The van der Waals surface area contributed by atoms with Crippen molar-refractivity contribution in [1.82, 2.24) is 10.3 Å². The number of hydrogen-bond donors (Lipinski definition) is 2. The van der Waals surface area contributed by atoms with Gasteiger partial charge < -0.3 is 10.4 Å². The molecule has 2 N–H and O–H groups in total. The Morgan fingerprint density at radius 2 is 2.44 bits per heavy atom. The van der Waals surface area contributed by atoms with E-state index in [4.69, 9.17) is 5.11 Å². The maximum Gasteiger partial charge on any atom is 0.326 e. The third-order valence-corrected chi connectivity index (χ3v) is 2.63. The molecule has 0 aromatic carbocycles. The van der Waals surface area contributed by atoms with E-state index < -0.39 is 17.9 Å². The van der Waals surface area contributed by atoms with Gasteiger partial charge in [-0.1, -0.05) is 6.08 Å². The summed E-state index contributed by atoms with van der Waals surface area (Å²) in [6, 6.07) is -0.952. The number of carbonyl (C=O) groups is 2. The van der Waals surface area contributed by atoms with Gasteiger partial charge in [-0.3, -0.25) is 4.79 Å². The molecule has 1 atom stereocenters. The van der Waals surface area contributed by atoms with Crippen LogP contribution in [0, 0.1) is 6.92 Å². The van der Waals surface area contributed by atoms with Crippen molar-refractivity contribution >= 4 is 23.2 Å². The fourth-order valence-electron chi connectivity index (χ4n) is 1.09. The van der Waals surface area contributed by atoms with Crippen molar-refractivity contribution in [2.75, 3.05) is 0 Å². The van der Waals surface area contributed by atoms with Crippen LogP contribution in [-0.2, 0) is 4.79 Å². The molecule has 1 aromatic heterocycles. The lowest BCUT2D eigenvalue weighted by molar-refractivity contribution is -0.139. The lowest BCUT2D eigenvalue weighted by atomic mass is 10.2. The number of hydrogen-bond acceptors (Lipinski definition) is 4. The molecular weight excluding hydrogens is 228 g/mol. The van der Waals surface area contributed by atoms with Gasteiger partial charge in [-0.05, 0) is 13.3 Å². The van der Waals surface area contributed by atoms with Crippen molar-refractivity contribution in [3.63, 3.8) is 0 Å². The Hall–Kier alpha value is -1.69. The van der Waals surface area contributed by atoms with E-state index in [1.54, 1.807) is 12.3 Å². The molecule has 0 radical (unpaired) electrons. The average molecular weight is 240 g/mol. The number of carbonyl (C=O) groups excluding carboxylic acids is 1. The highest BCUT2D eigenvalue weighted by molar-refractivity contribution is 7.09. The molecule has 0 aliphatic heterocycles. The van der Waals surface area contributed by atoms with Gasteiger partial charge in [0.2, 0.25) is 0 Å². The van der Waals surface area contributed by atoms with Crippen LogP contribution in [0.1, 0.15) is 21.9 Å². The summed E-state index contributed by atoms with van der Waals surface area (Å²) in [7, 11) is 0. The molecule has 5 nitrogen and oxygen atoms in total. The molecule has 0 aliphatic rings. The molecule has 86 valence electrons. The second-order valence-corrected chi connectivity index (χ2v) is 4.20. The molecule has 0 aliphatic carbocycles. The number of carboxylic acids is 1. The summed E-state index contributed by atoms with van der Waals surface area (Å²) in [6.07, 6.45) is 1.63. The number of thiazole rings is 1. The molecular formula is C10H12N2O3S. The predicted octanol–water partition coefficient (Wildman–Crippen LogP) is 1.21. The van der Waals surface area contributed by atoms with E-state index in [1.807, 2.05) is 0 Å². The van der Waals surface area contributed by atoms with Crippen LogP contribution in [-0.4, -0.2) is 28.0 Å². The second-order valence-electron chi connectivity index (χ2n) is 3.14. The first-order chi connectivity index (χ1) is 7.54. The normalized spacial score (nSPS) is 11.8. The minimum Gasteiger partial charge on any atom is -0.480 e. The minimum absolute atomic E-state index is 0.185. The van der Waals surface area contributed by atoms with E-state index in [1.165, 1.54) is 17.4 Å². The number of nitrogens with one attached hydrogen (secondary N) is 1. The molecule has 0 spiro atoms. The van der Waals surface area contributed by atoms with E-state index >= 15 is 0 Å². The van der Waals surface area contributed by atoms with Gasteiger partial charge in [-0.15, -0.1) is 17.9 Å². The Labute approximate surface area is 96.8 Å². The molecule has 0 bridgehead atoms. The number of aliphatic carboxylic acids is 1. The zero-order valence-corrected chi connectivity index (χ0v) is 9.58. The van der Waals surface area contributed by atoms with E-state index in [0.717, 1.165) is 5.01 Å². The van der Waals surface area contributed by atoms with Crippen LogP contribution in [0.2, 0.25) is 0 Å². The summed E-state index contributed by atoms with van der Waals surface area (Å²) in [5.74, 6) is -1.56. The number of nitrogens with zero attached hydrogens (tertiary/aromatic N) is 1. The summed E-state index contributed by atoms with van der Waals surface area (Å²) < 4.78 is 0. The van der Waals surface area contributed by atoms with Gasteiger partial charge in [0.1, 0.15) is 11.7 Å². The van der Waals surface area contributed by atoms with Crippen LogP contribution >= 0.6 is 11.3 Å². The van der Waals surface area contributed by atoms with Crippen molar-refractivity contribution in [3.05, 3.63) is 28.7 Å². The lowest BCUT2D eigenvalue weighted by Gasteiger charge is -2.10. The topological polar surface area (TPSA) is 79.3 Å². The van der Waals surface area contributed by atoms with Gasteiger partial charge in [0.05, 0.1) is 5.01 Å². The predicted molar refractivity (Wildman–Crippen MR) is 60.6 cm³/mol. The quantitative estimate of drug-likeness (QED) is 0.758. The summed E-state index contributed by atoms with van der Waals surface area (Å²) in [5, 5.41) is 13.6. The van der Waals surface area contributed by atoms with Crippen molar-refractivity contribution < 1.29 is 14.7 Å². The SMILES string of the molecule is C=CCC(NC(=O)c1csc(C)n1)C(=O)O. The Kier molecular flexibility index (Phi) is 4.19. The lowest BCUT2D eigenvalue weighted by Crippen LogP contribution is -2.40. The summed E-state index contributed by atoms with van der Waals surface area (Å²) in [4.78, 5) is 26.3. The maximum atomic E-state index is 11.6. The molecule has 0 saturated heterocycles. The first kappa shape index (κ1) is 12.4. The van der Waals surface area contributed by atoms with Crippen LogP contribution < -0.4 is 5.32 Å². The first-order valence-electron chi connectivity index (χ1n) is 4.61. The molecule has 1 amide bonds. The largest absolute Gasteiger partial charge is 0.480 e. The number of amides is 1. The number of rotatable bonds is 5. The Morgan fingerprint density at radius 1 is 1.75 bits per heavy atom. The van der Waals surface area contributed by atoms with E-state index in [0.29, 0.717) is 0 Å². The minimum atomic E-state index is -1.08. The standard InChI is InChI=1S/C10H12N2O3S/c1-3-4-7(10(14)15)12-9(13)8-5-16-6(2)11-8/h3,5,7H,1,4H2,2H3,(H,12,13)(H,14,15). The van der Waals surface area contributed by atoms with Crippen LogP contribution in [0.5, 0.6) is 0 Å². The Balaban J connectivity index is 2.68. The van der Waals surface area contributed by atoms with Crippen LogP contribution in [0.25, 0.3) is 0 Å². The average Bonchev–Trinajstić information content (AvgIpc) is 2.64. The summed E-state index contributed by atoms with van der Waals surface area (Å²) >= 11 is 1.34. The van der Waals surface area contributed by atoms with Gasteiger partial charge >= 0.3 is 5.97 Å². The first-order valence-corrected chi connectivity index (χ1v) is 5.49. The molecule has 6 heteroatoms. The van der Waals surface area contributed by atoms with Gasteiger partial charge in [-0.2, -0.15) is 0 Å². The van der Waals surface area contributed by atoms with Crippen molar-refractivity contribution in [1.29, 1.82) is 0 Å². The molecule has 0 saturated carbocycles. The van der Waals surface area contributed by atoms with E-state index in [9.17, 15) is 9.59 Å². The molecule has 1 aromatic rings. The smallest absolute Gasteiger partial charge is 0.326 e. The zero-order valence-electron chi connectivity index (χ0n) is 8.77. The molecule has 1 rings (SSSR count). The summed E-state index contributed by atoms with van der Waals surface area (Å²) in [6.45, 7) is 5.22. The number of aryl methyl sites for hydroxylation is 1. The second kappa shape index (κ2) is 5.41. The third kappa shape index (κ3) is 3.16. The van der Waals surface area contributed by atoms with E-state index in [2.05, 4.69) is 16.9 Å². The molecule has 0 fully saturated rings. The monoisotopic (exact) mass is 240 g/mol. The van der Waals surface area contributed by atoms with Crippen molar-refractivity contribution in [2.45, 2.75) is 19.4 Å². The van der Waals surface area contributed by atoms with Gasteiger partial charge in [0.25, 0.3) is 5.91 Å². The number of carboxylic acid groups (broad SMARTS) is 1. The van der Waals surface area contributed by atoms with Gasteiger partial charge in [-0.25, -0.2) is 9.78 Å². The van der Waals surface area contributed by atoms with Gasteiger partial charge in [0, 0.05) is 5.38 Å². The van der Waals surface area contributed by atoms with Crippen molar-refractivity contribution in [2.24, 2.45) is 0 Å². The Morgan fingerprint density at radius 3 is 2.88 bits per heavy atom. The van der Waals surface area contributed by atoms with Gasteiger partial charge in [0.15, 0.2) is 0 Å². The molecule has 16 heavy (non-hydrogen) atoms. The van der Waals surface area contributed by atoms with Crippen molar-refractivity contribution in [3.8, 4) is 0 Å². The highest BCUT2D eigenvalue weighted by Gasteiger charge is 2.20. The zero-order chi connectivity index (χ0) is 12.1. The van der Waals surface area contributed by atoms with Crippen LogP contribution in [0.4, 0.5) is 0 Å². The fraction of sp³-hybridized carbons (Fsp3) is 0.300. The van der Waals surface area contributed by atoms with E-state index in [-0.39, 0.29) is 12.1 Å². The fourth-order valence-corrected chi connectivity index (χ4v) is 1.68. The maximum absolute atomic E-state index is 11.6. The Bertz CT molecular complexity index is 414. The summed E-state index contributed by atoms with van der Waals surface area (Å²) in [5.41, 5.74) is 0.248. The highest BCUT2D eigenvalue weighted by Crippen LogP contribution is 2.08. The third-order valence-electron chi connectivity index (χ3n) is 1.86. The number of aromatic nitrogens is 1. The van der Waals surface area contributed by atoms with Crippen LogP contribution in [0.15, 0.2) is 18.0 Å².